The molecule has 1 heterocycles. The van der Waals surface area contributed by atoms with Gasteiger partial charge in [-0.25, -0.2) is 0 Å². The number of carboxylic acids is 1. The largest absolute Gasteiger partial charge is 0.480 e. The zero-order valence-corrected chi connectivity index (χ0v) is 8.69. The number of hydrogen-bond acceptors (Lipinski definition) is 5. The highest BCUT2D eigenvalue weighted by molar-refractivity contribution is 6.08. The van der Waals surface area contributed by atoms with Gasteiger partial charge >= 0.3 is 12.0 Å². The molecule has 1 saturated carbocycles. The number of anilines is 1. The van der Waals surface area contributed by atoms with Crippen molar-refractivity contribution in [2.75, 3.05) is 5.32 Å². The molecule has 2 rings (SSSR count). The lowest BCUT2D eigenvalue weighted by atomic mass is 9.68. The van der Waals surface area contributed by atoms with Gasteiger partial charge in [0.15, 0.2) is 0 Å². The number of amides is 1. The lowest BCUT2D eigenvalue weighted by molar-refractivity contribution is -0.159. The summed E-state index contributed by atoms with van der Waals surface area (Å²) in [7, 11) is 0. The van der Waals surface area contributed by atoms with E-state index in [-0.39, 0.29) is 6.01 Å². The Kier molecular flexibility index (Phi) is 2.37. The minimum atomic E-state index is -1.32. The van der Waals surface area contributed by atoms with Crippen LogP contribution in [0.2, 0.25) is 0 Å². The van der Waals surface area contributed by atoms with E-state index in [4.69, 9.17) is 9.52 Å². The molecule has 0 saturated heterocycles. The predicted molar refractivity (Wildman–Crippen MR) is 51.6 cm³/mol. The van der Waals surface area contributed by atoms with Gasteiger partial charge in [-0.1, -0.05) is 11.5 Å². The van der Waals surface area contributed by atoms with Gasteiger partial charge in [0, 0.05) is 6.92 Å². The Balaban J connectivity index is 2.10. The van der Waals surface area contributed by atoms with E-state index in [1.54, 1.807) is 6.92 Å². The van der Waals surface area contributed by atoms with Crippen LogP contribution in [0.1, 0.15) is 25.2 Å². The smallest absolute Gasteiger partial charge is 0.322 e. The number of aliphatic carboxylic acids is 1. The maximum atomic E-state index is 11.7. The molecule has 1 aliphatic rings. The fourth-order valence-electron chi connectivity index (χ4n) is 1.63. The van der Waals surface area contributed by atoms with E-state index in [1.165, 1.54) is 0 Å². The van der Waals surface area contributed by atoms with Gasteiger partial charge in [-0.2, -0.15) is 0 Å². The maximum Gasteiger partial charge on any atom is 0.322 e. The number of carbonyl (C=O) groups is 2. The molecule has 86 valence electrons. The van der Waals surface area contributed by atoms with Crippen LogP contribution in [0.3, 0.4) is 0 Å². The number of aryl methyl sites for hydroxylation is 1. The van der Waals surface area contributed by atoms with Crippen LogP contribution >= 0.6 is 0 Å². The molecule has 1 aromatic heterocycles. The highest BCUT2D eigenvalue weighted by Crippen LogP contribution is 2.42. The molecule has 0 spiro atoms. The maximum absolute atomic E-state index is 11.7. The van der Waals surface area contributed by atoms with E-state index in [0.717, 1.165) is 6.42 Å². The molecule has 1 fully saturated rings. The Bertz CT molecular complexity index is 436. The molecule has 2 N–H and O–H groups in total. The molecule has 1 aromatic rings. The average Bonchev–Trinajstić information content (AvgIpc) is 2.47. The molecular weight excluding hydrogens is 214 g/mol. The molecule has 7 heteroatoms. The molecule has 0 unspecified atom stereocenters. The number of carbonyl (C=O) groups excluding carboxylic acids is 1. The van der Waals surface area contributed by atoms with Crippen LogP contribution in [-0.2, 0) is 9.59 Å². The summed E-state index contributed by atoms with van der Waals surface area (Å²) in [6, 6.07) is -0.0602. The van der Waals surface area contributed by atoms with Crippen LogP contribution < -0.4 is 5.32 Å². The zero-order valence-electron chi connectivity index (χ0n) is 8.69. The summed E-state index contributed by atoms with van der Waals surface area (Å²) in [4.78, 5) is 22.8. The van der Waals surface area contributed by atoms with Crippen LogP contribution in [-0.4, -0.2) is 27.2 Å². The first-order valence-electron chi connectivity index (χ1n) is 4.89. The summed E-state index contributed by atoms with van der Waals surface area (Å²) in [5.41, 5.74) is -1.32. The van der Waals surface area contributed by atoms with Crippen LogP contribution in [0, 0.1) is 12.3 Å². The Hall–Kier alpha value is -1.92. The summed E-state index contributed by atoms with van der Waals surface area (Å²) in [6.45, 7) is 1.58. The van der Waals surface area contributed by atoms with E-state index in [2.05, 4.69) is 15.5 Å². The third kappa shape index (κ3) is 1.54. The van der Waals surface area contributed by atoms with Crippen molar-refractivity contribution in [3.63, 3.8) is 0 Å². The van der Waals surface area contributed by atoms with Crippen molar-refractivity contribution in [2.45, 2.75) is 26.2 Å². The van der Waals surface area contributed by atoms with E-state index < -0.39 is 17.3 Å². The quantitative estimate of drug-likeness (QED) is 0.728. The molecule has 1 aliphatic carbocycles. The summed E-state index contributed by atoms with van der Waals surface area (Å²) < 4.78 is 4.95. The standard InChI is InChI=1S/C9H11N3O4/c1-5-11-12-8(16-5)10-6(13)9(7(14)15)3-2-4-9/h2-4H2,1H3,(H,14,15)(H,10,12,13). The number of hydrogen-bond donors (Lipinski definition) is 2. The number of nitrogens with zero attached hydrogens (tertiary/aromatic N) is 2. The lowest BCUT2D eigenvalue weighted by Gasteiger charge is -2.35. The summed E-state index contributed by atoms with van der Waals surface area (Å²) >= 11 is 0. The van der Waals surface area contributed by atoms with E-state index in [0.29, 0.717) is 18.7 Å². The van der Waals surface area contributed by atoms with Gasteiger partial charge in [0.05, 0.1) is 0 Å². The van der Waals surface area contributed by atoms with Crippen molar-refractivity contribution in [1.29, 1.82) is 0 Å². The van der Waals surface area contributed by atoms with Gasteiger partial charge in [-0.05, 0) is 12.8 Å². The Morgan fingerprint density at radius 2 is 2.12 bits per heavy atom. The van der Waals surface area contributed by atoms with Gasteiger partial charge in [-0.15, -0.1) is 5.10 Å². The van der Waals surface area contributed by atoms with Crippen molar-refractivity contribution in [2.24, 2.45) is 5.41 Å². The predicted octanol–water partition coefficient (Wildman–Crippen LogP) is 0.571. The molecule has 0 atom stereocenters. The highest BCUT2D eigenvalue weighted by Gasteiger charge is 2.51. The van der Waals surface area contributed by atoms with Crippen LogP contribution in [0.5, 0.6) is 0 Å². The topological polar surface area (TPSA) is 105 Å². The first-order chi connectivity index (χ1) is 7.54. The SMILES string of the molecule is Cc1nnc(NC(=O)C2(C(=O)O)CCC2)o1. The summed E-state index contributed by atoms with van der Waals surface area (Å²) in [5.74, 6) is -1.38. The number of aromatic nitrogens is 2. The Morgan fingerprint density at radius 3 is 2.50 bits per heavy atom. The monoisotopic (exact) mass is 225 g/mol. The van der Waals surface area contributed by atoms with Crippen molar-refractivity contribution in [3.05, 3.63) is 5.89 Å². The molecule has 16 heavy (non-hydrogen) atoms. The molecule has 1 amide bonds. The van der Waals surface area contributed by atoms with Gasteiger partial charge in [0.25, 0.3) is 0 Å². The summed E-state index contributed by atoms with van der Waals surface area (Å²) in [5, 5.41) is 18.4. The first-order valence-corrected chi connectivity index (χ1v) is 4.89. The second-order valence-corrected chi connectivity index (χ2v) is 3.82. The first kappa shape index (κ1) is 10.6. The third-order valence-corrected chi connectivity index (χ3v) is 2.80. The van der Waals surface area contributed by atoms with Crippen molar-refractivity contribution >= 4 is 17.9 Å². The van der Waals surface area contributed by atoms with E-state index in [1.807, 2.05) is 0 Å². The van der Waals surface area contributed by atoms with E-state index in [9.17, 15) is 9.59 Å². The van der Waals surface area contributed by atoms with E-state index >= 15 is 0 Å². The van der Waals surface area contributed by atoms with Crippen molar-refractivity contribution < 1.29 is 19.1 Å². The number of carboxylic acid groups (broad SMARTS) is 1. The lowest BCUT2D eigenvalue weighted by Crippen LogP contribution is -2.48. The second kappa shape index (κ2) is 3.58. The van der Waals surface area contributed by atoms with Crippen LogP contribution in [0.25, 0.3) is 0 Å². The highest BCUT2D eigenvalue weighted by atomic mass is 16.4. The van der Waals surface area contributed by atoms with Gasteiger partial charge in [-0.3, -0.25) is 14.9 Å². The average molecular weight is 225 g/mol. The van der Waals surface area contributed by atoms with Gasteiger partial charge in [0.1, 0.15) is 5.41 Å². The minimum absolute atomic E-state index is 0.0602. The van der Waals surface area contributed by atoms with Crippen molar-refractivity contribution in [1.82, 2.24) is 10.2 Å². The van der Waals surface area contributed by atoms with Crippen LogP contribution in [0.15, 0.2) is 4.42 Å². The van der Waals surface area contributed by atoms with Gasteiger partial charge < -0.3 is 9.52 Å². The molecule has 7 nitrogen and oxygen atoms in total. The molecule has 0 radical (unpaired) electrons. The van der Waals surface area contributed by atoms with Crippen LogP contribution in [0.4, 0.5) is 6.01 Å². The Labute approximate surface area is 90.8 Å². The van der Waals surface area contributed by atoms with Gasteiger partial charge in [0.2, 0.25) is 11.8 Å². The normalized spacial score (nSPS) is 17.6. The van der Waals surface area contributed by atoms with Crippen molar-refractivity contribution in [3.8, 4) is 0 Å². The molecule has 0 aliphatic heterocycles. The number of nitrogens with one attached hydrogen (secondary N) is 1. The number of rotatable bonds is 3. The fourth-order valence-corrected chi connectivity index (χ4v) is 1.63. The molecule has 0 bridgehead atoms. The fraction of sp³-hybridized carbons (Fsp3) is 0.556. The molecule has 0 aromatic carbocycles. The molecular formula is C9H11N3O4. The zero-order chi connectivity index (χ0) is 11.8. The third-order valence-electron chi connectivity index (χ3n) is 2.80. The minimum Gasteiger partial charge on any atom is -0.480 e. The summed E-state index contributed by atoms with van der Waals surface area (Å²) in [6.07, 6.45) is 1.44. The Morgan fingerprint density at radius 1 is 1.44 bits per heavy atom. The second-order valence-electron chi connectivity index (χ2n) is 3.82.